The maximum absolute atomic E-state index is 13.1. The number of hydrogen-bond acceptors (Lipinski definition) is 8. The van der Waals surface area contributed by atoms with Crippen molar-refractivity contribution in [2.75, 3.05) is 55.7 Å². The van der Waals surface area contributed by atoms with E-state index in [4.69, 9.17) is 28.4 Å². The quantitative estimate of drug-likeness (QED) is 0.308. The second kappa shape index (κ2) is 13.8. The molecule has 42 heavy (non-hydrogen) atoms. The second-order valence-corrected chi connectivity index (χ2v) is 9.73. The first-order valence-electron chi connectivity index (χ1n) is 13.5. The van der Waals surface area contributed by atoms with Gasteiger partial charge in [0, 0.05) is 17.5 Å². The monoisotopic (exact) mass is 574 g/mol. The van der Waals surface area contributed by atoms with Crippen molar-refractivity contribution < 1.29 is 38.1 Å². The number of benzene rings is 2. The number of aryl methyl sites for hydroxylation is 1. The van der Waals surface area contributed by atoms with Crippen molar-refractivity contribution in [2.45, 2.75) is 18.9 Å². The molecule has 220 valence electrons. The highest BCUT2D eigenvalue weighted by Crippen LogP contribution is 2.49. The molecule has 1 unspecified atom stereocenters. The molecule has 0 amide bonds. The minimum absolute atomic E-state index is 0.0293. The summed E-state index contributed by atoms with van der Waals surface area (Å²) in [4.78, 5) is 26.5. The molecule has 0 spiro atoms. The molecule has 0 aromatic heterocycles. The van der Waals surface area contributed by atoms with E-state index in [2.05, 4.69) is 11.8 Å². The van der Waals surface area contributed by atoms with Crippen LogP contribution in [0.4, 0.5) is 0 Å². The first-order chi connectivity index (χ1) is 20.4. The Morgan fingerprint density at radius 2 is 1.57 bits per heavy atom. The lowest BCUT2D eigenvalue weighted by Gasteiger charge is -2.23. The molecular formula is C33H36NO8+. The number of ether oxygens (including phenoxy) is 6. The molecule has 0 radical (unpaired) electrons. The first kappa shape index (κ1) is 30.3. The zero-order valence-electron chi connectivity index (χ0n) is 24.8. The van der Waals surface area contributed by atoms with Gasteiger partial charge in [0.2, 0.25) is 11.2 Å². The lowest BCUT2D eigenvalue weighted by molar-refractivity contribution is -0.905. The van der Waals surface area contributed by atoms with Gasteiger partial charge in [-0.25, -0.2) is 4.79 Å². The third-order valence-corrected chi connectivity index (χ3v) is 7.41. The zero-order valence-corrected chi connectivity index (χ0v) is 24.8. The van der Waals surface area contributed by atoms with Crippen LogP contribution in [0.3, 0.4) is 0 Å². The van der Waals surface area contributed by atoms with E-state index in [1.54, 1.807) is 64.8 Å². The summed E-state index contributed by atoms with van der Waals surface area (Å²) in [5, 5.41) is 0. The SMILES string of the molecule is COc1ccc(C(=O)OCC#CC[NH+](C)[C@@H]2CCc3cc(OC)c(OC)c(OC)c3-c3ccc(OC)c(=O)cc32)cc1. The van der Waals surface area contributed by atoms with E-state index in [1.807, 2.05) is 19.2 Å². The van der Waals surface area contributed by atoms with Crippen LogP contribution >= 0.6 is 0 Å². The van der Waals surface area contributed by atoms with Gasteiger partial charge in [-0.1, -0.05) is 5.92 Å². The molecule has 0 saturated heterocycles. The topological polar surface area (TPSA) is 94.0 Å². The van der Waals surface area contributed by atoms with Gasteiger partial charge in [0.05, 0.1) is 48.2 Å². The number of rotatable bonds is 9. The Hall–Kier alpha value is -4.68. The van der Waals surface area contributed by atoms with Gasteiger partial charge < -0.3 is 33.3 Å². The molecular weight excluding hydrogens is 538 g/mol. The molecule has 0 fully saturated rings. The molecule has 4 rings (SSSR count). The van der Waals surface area contributed by atoms with Crippen molar-refractivity contribution in [3.63, 3.8) is 0 Å². The molecule has 3 aromatic rings. The van der Waals surface area contributed by atoms with E-state index in [-0.39, 0.29) is 23.8 Å². The van der Waals surface area contributed by atoms with Crippen molar-refractivity contribution in [2.24, 2.45) is 0 Å². The Kier molecular flexibility index (Phi) is 9.94. The van der Waals surface area contributed by atoms with Crippen molar-refractivity contribution in [1.82, 2.24) is 0 Å². The summed E-state index contributed by atoms with van der Waals surface area (Å²) in [6.07, 6.45) is 1.45. The molecule has 1 aliphatic carbocycles. The Morgan fingerprint density at radius 1 is 0.857 bits per heavy atom. The van der Waals surface area contributed by atoms with Crippen molar-refractivity contribution >= 4 is 5.97 Å². The minimum Gasteiger partial charge on any atom is -0.497 e. The van der Waals surface area contributed by atoms with Crippen LogP contribution in [0.1, 0.15) is 33.9 Å². The van der Waals surface area contributed by atoms with Gasteiger partial charge in [-0.3, -0.25) is 4.79 Å². The Bertz CT molecular complexity index is 1560. The second-order valence-electron chi connectivity index (χ2n) is 9.73. The molecule has 9 heteroatoms. The Morgan fingerprint density at radius 3 is 2.21 bits per heavy atom. The van der Waals surface area contributed by atoms with E-state index in [1.165, 1.54) is 7.11 Å². The molecule has 0 heterocycles. The molecule has 0 saturated carbocycles. The number of carbonyl (C=O) groups excluding carboxylic acids is 1. The van der Waals surface area contributed by atoms with E-state index in [0.717, 1.165) is 33.6 Å². The predicted molar refractivity (Wildman–Crippen MR) is 158 cm³/mol. The summed E-state index contributed by atoms with van der Waals surface area (Å²) in [6.45, 7) is 0.437. The van der Waals surface area contributed by atoms with Crippen LogP contribution in [0.15, 0.2) is 53.3 Å². The van der Waals surface area contributed by atoms with Crippen LogP contribution in [0.2, 0.25) is 0 Å². The highest BCUT2D eigenvalue weighted by Gasteiger charge is 2.32. The summed E-state index contributed by atoms with van der Waals surface area (Å²) >= 11 is 0. The molecule has 1 aliphatic rings. The van der Waals surface area contributed by atoms with Crippen LogP contribution in [-0.4, -0.2) is 61.7 Å². The van der Waals surface area contributed by atoms with Gasteiger partial charge in [0.1, 0.15) is 18.3 Å². The number of fused-ring (bicyclic) bond motifs is 3. The summed E-state index contributed by atoms with van der Waals surface area (Å²) < 4.78 is 33.0. The molecule has 2 atom stereocenters. The lowest BCUT2D eigenvalue weighted by Crippen LogP contribution is -3.09. The Labute approximate surface area is 245 Å². The fraction of sp³-hybridized carbons (Fsp3) is 0.333. The van der Waals surface area contributed by atoms with Gasteiger partial charge in [-0.05, 0) is 72.0 Å². The normalized spacial score (nSPS) is 14.1. The summed E-state index contributed by atoms with van der Waals surface area (Å²) in [5.41, 5.74) is 3.81. The number of quaternary nitrogens is 1. The van der Waals surface area contributed by atoms with Crippen LogP contribution in [0.5, 0.6) is 28.7 Å². The first-order valence-corrected chi connectivity index (χ1v) is 13.5. The highest BCUT2D eigenvalue weighted by molar-refractivity contribution is 5.89. The maximum Gasteiger partial charge on any atom is 0.339 e. The van der Waals surface area contributed by atoms with Crippen molar-refractivity contribution in [3.8, 4) is 51.7 Å². The largest absolute Gasteiger partial charge is 0.497 e. The Balaban J connectivity index is 1.63. The summed E-state index contributed by atoms with van der Waals surface area (Å²) in [7, 11) is 9.84. The minimum atomic E-state index is -0.452. The van der Waals surface area contributed by atoms with Crippen LogP contribution < -0.4 is 34.0 Å². The fourth-order valence-corrected chi connectivity index (χ4v) is 5.27. The number of nitrogens with one attached hydrogen (secondary N) is 1. The molecule has 0 aliphatic heterocycles. The number of methoxy groups -OCH3 is 5. The predicted octanol–water partition coefficient (Wildman–Crippen LogP) is 3.12. The maximum atomic E-state index is 13.1. The van der Waals surface area contributed by atoms with E-state index < -0.39 is 5.97 Å². The number of hydrogen-bond donors (Lipinski definition) is 1. The average molecular weight is 575 g/mol. The van der Waals surface area contributed by atoms with Crippen LogP contribution in [-0.2, 0) is 11.2 Å². The molecule has 0 bridgehead atoms. The average Bonchev–Trinajstić information content (AvgIpc) is 3.27. The summed E-state index contributed by atoms with van der Waals surface area (Å²) in [5.74, 6) is 8.14. The highest BCUT2D eigenvalue weighted by atomic mass is 16.5. The van der Waals surface area contributed by atoms with Gasteiger partial charge >= 0.3 is 5.97 Å². The third-order valence-electron chi connectivity index (χ3n) is 7.41. The van der Waals surface area contributed by atoms with Gasteiger partial charge in [-0.2, -0.15) is 0 Å². The van der Waals surface area contributed by atoms with E-state index in [9.17, 15) is 9.59 Å². The molecule has 1 N–H and O–H groups in total. The van der Waals surface area contributed by atoms with Crippen molar-refractivity contribution in [3.05, 3.63) is 75.4 Å². The van der Waals surface area contributed by atoms with Gasteiger partial charge in [-0.15, -0.1) is 0 Å². The van der Waals surface area contributed by atoms with Crippen LogP contribution in [0, 0.1) is 11.8 Å². The molecule has 3 aromatic carbocycles. The van der Waals surface area contributed by atoms with Crippen molar-refractivity contribution in [1.29, 1.82) is 0 Å². The van der Waals surface area contributed by atoms with E-state index in [0.29, 0.717) is 41.5 Å². The van der Waals surface area contributed by atoms with E-state index >= 15 is 0 Å². The number of carbonyl (C=O) groups is 1. The van der Waals surface area contributed by atoms with Crippen LogP contribution in [0.25, 0.3) is 11.1 Å². The lowest BCUT2D eigenvalue weighted by atomic mass is 9.95. The summed E-state index contributed by atoms with van der Waals surface area (Å²) in [6, 6.07) is 13.8. The number of esters is 1. The van der Waals surface area contributed by atoms with Gasteiger partial charge in [0.15, 0.2) is 23.9 Å². The standard InChI is InChI=1S/C33H35NO8/c1-34(17-7-8-18-42-33(36)21-9-12-23(37-2)13-10-21)26-15-11-22-19-29(39-4)31(40-5)32(41-6)30(22)24-14-16-28(38-3)27(35)20-25(24)26/h9-10,12-14,16,19-20,26H,11,15,17-18H2,1-6H3/p+1/t26-/m1/s1. The third kappa shape index (κ3) is 6.29. The fourth-order valence-electron chi connectivity index (χ4n) is 5.27. The molecule has 9 nitrogen and oxygen atoms in total. The smallest absolute Gasteiger partial charge is 0.339 e. The zero-order chi connectivity index (χ0) is 30.2. The van der Waals surface area contributed by atoms with Gasteiger partial charge in [0.25, 0.3) is 0 Å².